The van der Waals surface area contributed by atoms with Crippen LogP contribution in [0.3, 0.4) is 0 Å². The lowest BCUT2D eigenvalue weighted by molar-refractivity contribution is 0.174. The second-order valence-corrected chi connectivity index (χ2v) is 5.50. The number of hydrogen-bond donors (Lipinski definition) is 1. The summed E-state index contributed by atoms with van der Waals surface area (Å²) >= 11 is 6.02. The van der Waals surface area contributed by atoms with Crippen LogP contribution in [0.2, 0.25) is 5.02 Å². The molecule has 2 aliphatic rings. The highest BCUT2D eigenvalue weighted by Crippen LogP contribution is 2.46. The minimum atomic E-state index is -0.416. The van der Waals surface area contributed by atoms with Crippen LogP contribution in [0, 0.1) is 11.7 Å². The molecule has 2 aliphatic heterocycles. The highest BCUT2D eigenvalue weighted by atomic mass is 35.5. The van der Waals surface area contributed by atoms with E-state index in [2.05, 4.69) is 4.90 Å². The molecule has 0 aromatic heterocycles. The van der Waals surface area contributed by atoms with Crippen LogP contribution in [0.25, 0.3) is 0 Å². The van der Waals surface area contributed by atoms with E-state index < -0.39 is 5.82 Å². The molecule has 1 aromatic carbocycles. The van der Waals surface area contributed by atoms with E-state index in [1.807, 2.05) is 7.05 Å². The number of ether oxygens (including phenoxy) is 2. The molecule has 3 rings (SSSR count). The highest BCUT2D eigenvalue weighted by Gasteiger charge is 2.34. The smallest absolute Gasteiger partial charge is 0.231 e. The lowest BCUT2D eigenvalue weighted by atomic mass is 9.99. The fourth-order valence-electron chi connectivity index (χ4n) is 2.88. The van der Waals surface area contributed by atoms with Crippen LogP contribution >= 0.6 is 11.6 Å². The average Bonchev–Trinajstić information content (AvgIpc) is 3.00. The van der Waals surface area contributed by atoms with Crippen molar-refractivity contribution in [2.24, 2.45) is 11.7 Å². The van der Waals surface area contributed by atoms with E-state index in [9.17, 15) is 4.39 Å². The van der Waals surface area contributed by atoms with Crippen molar-refractivity contribution in [3.05, 3.63) is 22.5 Å². The van der Waals surface area contributed by atoms with Crippen molar-refractivity contribution in [1.29, 1.82) is 0 Å². The van der Waals surface area contributed by atoms with Gasteiger partial charge in [-0.05, 0) is 32.0 Å². The van der Waals surface area contributed by atoms with Crippen molar-refractivity contribution >= 4 is 11.6 Å². The number of likely N-dealkylation sites (tertiary alicyclic amines) is 1. The van der Waals surface area contributed by atoms with E-state index in [4.69, 9.17) is 26.8 Å². The third-order valence-electron chi connectivity index (χ3n) is 3.90. The third kappa shape index (κ3) is 2.06. The molecule has 0 saturated carbocycles. The van der Waals surface area contributed by atoms with E-state index in [1.54, 1.807) is 6.07 Å². The molecule has 0 spiro atoms. The topological polar surface area (TPSA) is 47.7 Å². The summed E-state index contributed by atoms with van der Waals surface area (Å²) in [4.78, 5) is 2.11. The van der Waals surface area contributed by atoms with Gasteiger partial charge in [-0.1, -0.05) is 11.6 Å². The van der Waals surface area contributed by atoms with Gasteiger partial charge in [0.2, 0.25) is 6.79 Å². The monoisotopic (exact) mass is 286 g/mol. The van der Waals surface area contributed by atoms with Gasteiger partial charge >= 0.3 is 0 Å². The van der Waals surface area contributed by atoms with Crippen LogP contribution < -0.4 is 15.2 Å². The number of hydrogen-bond acceptors (Lipinski definition) is 4. The van der Waals surface area contributed by atoms with Gasteiger partial charge in [-0.2, -0.15) is 0 Å². The maximum Gasteiger partial charge on any atom is 0.231 e. The van der Waals surface area contributed by atoms with Crippen molar-refractivity contribution in [3.63, 3.8) is 0 Å². The van der Waals surface area contributed by atoms with Crippen LogP contribution in [-0.2, 0) is 0 Å². The Morgan fingerprint density at radius 1 is 1.53 bits per heavy atom. The van der Waals surface area contributed by atoms with Gasteiger partial charge in [0.15, 0.2) is 17.3 Å². The molecule has 0 aliphatic carbocycles. The second kappa shape index (κ2) is 4.81. The Hall–Kier alpha value is -1.04. The number of halogens is 2. The maximum atomic E-state index is 14.4. The predicted molar refractivity (Wildman–Crippen MR) is 70.1 cm³/mol. The van der Waals surface area contributed by atoms with Gasteiger partial charge in [0.1, 0.15) is 5.02 Å². The highest BCUT2D eigenvalue weighted by molar-refractivity contribution is 6.32. The first kappa shape index (κ1) is 13.0. The van der Waals surface area contributed by atoms with Crippen molar-refractivity contribution in [1.82, 2.24) is 4.90 Å². The quantitative estimate of drug-likeness (QED) is 0.905. The zero-order valence-electron chi connectivity index (χ0n) is 10.7. The van der Waals surface area contributed by atoms with E-state index in [-0.39, 0.29) is 17.9 Å². The normalized spacial score (nSPS) is 26.1. The number of fused-ring (bicyclic) bond motifs is 1. The van der Waals surface area contributed by atoms with Gasteiger partial charge in [0.05, 0.1) is 0 Å². The molecule has 104 valence electrons. The van der Waals surface area contributed by atoms with Crippen LogP contribution in [0.15, 0.2) is 6.07 Å². The fraction of sp³-hybridized carbons (Fsp3) is 0.538. The van der Waals surface area contributed by atoms with Gasteiger partial charge in [0.25, 0.3) is 0 Å². The first-order valence-electron chi connectivity index (χ1n) is 6.29. The van der Waals surface area contributed by atoms with Crippen LogP contribution in [0.5, 0.6) is 11.5 Å². The lowest BCUT2D eigenvalue weighted by Gasteiger charge is -2.21. The zero-order valence-corrected chi connectivity index (χ0v) is 11.4. The molecule has 1 aromatic rings. The van der Waals surface area contributed by atoms with Gasteiger partial charge in [0, 0.05) is 18.2 Å². The Morgan fingerprint density at radius 3 is 3.00 bits per heavy atom. The van der Waals surface area contributed by atoms with Gasteiger partial charge < -0.3 is 15.2 Å². The minimum absolute atomic E-state index is 0.00889. The summed E-state index contributed by atoms with van der Waals surface area (Å²) in [5, 5.41) is 0.00889. The molecule has 6 heteroatoms. The van der Waals surface area contributed by atoms with Crippen LogP contribution in [0.1, 0.15) is 18.0 Å². The molecule has 0 radical (unpaired) electrons. The first-order valence-corrected chi connectivity index (χ1v) is 6.67. The standard InChI is InChI=1S/C13H16ClFN2O2/c1-17-5-7(4-16)2-9(17)8-3-10-13(19-6-18-10)11(14)12(8)15/h3,7,9H,2,4-6,16H2,1H3. The largest absolute Gasteiger partial charge is 0.454 e. The summed E-state index contributed by atoms with van der Waals surface area (Å²) in [6.07, 6.45) is 0.833. The van der Waals surface area contributed by atoms with Gasteiger partial charge in [-0.25, -0.2) is 4.39 Å². The fourth-order valence-corrected chi connectivity index (χ4v) is 3.14. The summed E-state index contributed by atoms with van der Waals surface area (Å²) in [6.45, 7) is 1.57. The molecule has 2 atom stereocenters. The SMILES string of the molecule is CN1CC(CN)CC1c1cc2c(c(Cl)c1F)OCO2. The Morgan fingerprint density at radius 2 is 2.32 bits per heavy atom. The summed E-state index contributed by atoms with van der Waals surface area (Å²) < 4.78 is 24.9. The summed E-state index contributed by atoms with van der Waals surface area (Å²) in [6, 6.07) is 1.68. The molecule has 0 bridgehead atoms. The van der Waals surface area contributed by atoms with Crippen LogP contribution in [-0.4, -0.2) is 31.8 Å². The zero-order chi connectivity index (χ0) is 13.6. The Bertz CT molecular complexity index is 512. The Kier molecular flexibility index (Phi) is 3.28. The Labute approximate surface area is 116 Å². The molecular weight excluding hydrogens is 271 g/mol. The van der Waals surface area contributed by atoms with E-state index >= 15 is 0 Å². The third-order valence-corrected chi connectivity index (χ3v) is 4.24. The molecule has 1 fully saturated rings. The maximum absolute atomic E-state index is 14.4. The molecular formula is C13H16ClFN2O2. The molecule has 0 amide bonds. The summed E-state index contributed by atoms with van der Waals surface area (Å²) in [5.41, 5.74) is 6.27. The minimum Gasteiger partial charge on any atom is -0.454 e. The summed E-state index contributed by atoms with van der Waals surface area (Å²) in [7, 11) is 1.97. The van der Waals surface area contributed by atoms with Crippen molar-refractivity contribution in [2.45, 2.75) is 12.5 Å². The predicted octanol–water partition coefficient (Wildman–Crippen LogP) is 2.16. The number of nitrogens with two attached hydrogens (primary N) is 1. The molecule has 2 unspecified atom stereocenters. The van der Waals surface area contributed by atoms with Crippen molar-refractivity contribution < 1.29 is 13.9 Å². The van der Waals surface area contributed by atoms with E-state index in [0.717, 1.165) is 13.0 Å². The van der Waals surface area contributed by atoms with Gasteiger partial charge in [-0.15, -0.1) is 0 Å². The molecule has 4 nitrogen and oxygen atoms in total. The molecule has 2 heterocycles. The Balaban J connectivity index is 2.00. The molecule has 19 heavy (non-hydrogen) atoms. The first-order chi connectivity index (χ1) is 9.11. The number of rotatable bonds is 2. The number of benzene rings is 1. The van der Waals surface area contributed by atoms with E-state index in [1.165, 1.54) is 0 Å². The van der Waals surface area contributed by atoms with Crippen LogP contribution in [0.4, 0.5) is 4.39 Å². The lowest BCUT2D eigenvalue weighted by Crippen LogP contribution is -2.21. The van der Waals surface area contributed by atoms with Gasteiger partial charge in [-0.3, -0.25) is 4.90 Å². The second-order valence-electron chi connectivity index (χ2n) is 5.12. The van der Waals surface area contributed by atoms with Crippen molar-refractivity contribution in [2.75, 3.05) is 26.9 Å². The van der Waals surface area contributed by atoms with E-state index in [0.29, 0.717) is 29.5 Å². The average molecular weight is 287 g/mol. The summed E-state index contributed by atoms with van der Waals surface area (Å²) in [5.74, 6) is 0.795. The van der Waals surface area contributed by atoms with Crippen molar-refractivity contribution in [3.8, 4) is 11.5 Å². The molecule has 2 N–H and O–H groups in total. The number of nitrogens with zero attached hydrogens (tertiary/aromatic N) is 1. The molecule has 1 saturated heterocycles.